The molecule has 3 aromatic rings. The molecule has 2 N–H and O–H groups in total. The van der Waals surface area contributed by atoms with Gasteiger partial charge in [-0.25, -0.2) is 14.6 Å². The van der Waals surface area contributed by atoms with E-state index in [1.54, 1.807) is 18.3 Å². The summed E-state index contributed by atoms with van der Waals surface area (Å²) < 4.78 is 1.81. The molecule has 2 aliphatic heterocycles. The monoisotopic (exact) mass is 532 g/mol. The number of aromatic nitrogens is 4. The number of hydrogen-bond acceptors (Lipinski definition) is 7. The third-order valence-corrected chi connectivity index (χ3v) is 8.18. The van der Waals surface area contributed by atoms with Crippen molar-refractivity contribution in [2.24, 2.45) is 5.92 Å². The minimum atomic E-state index is -0.825. The van der Waals surface area contributed by atoms with Crippen molar-refractivity contribution in [1.82, 2.24) is 24.6 Å². The minimum Gasteiger partial charge on any atom is -0.481 e. The maximum absolute atomic E-state index is 12.3. The number of carboxylic acids is 1. The van der Waals surface area contributed by atoms with Gasteiger partial charge in [-0.1, -0.05) is 29.3 Å². The average Bonchev–Trinajstić information content (AvgIpc) is 3.47. The number of hydrogen-bond donors (Lipinski definition) is 2. The highest BCUT2D eigenvalue weighted by molar-refractivity contribution is 6.35. The molecule has 4 atom stereocenters. The zero-order valence-corrected chi connectivity index (χ0v) is 21.8. The first-order valence-corrected chi connectivity index (χ1v) is 13.0. The van der Waals surface area contributed by atoms with Crippen molar-refractivity contribution in [1.29, 1.82) is 0 Å². The summed E-state index contributed by atoms with van der Waals surface area (Å²) in [6.45, 7) is 5.77. The van der Waals surface area contributed by atoms with Crippen LogP contribution in [0, 0.1) is 12.8 Å². The Morgan fingerprint density at radius 3 is 2.78 bits per heavy atom. The second-order valence-electron chi connectivity index (χ2n) is 9.74. The maximum Gasteiger partial charge on any atom is 0.309 e. The van der Waals surface area contributed by atoms with E-state index in [9.17, 15) is 15.0 Å². The third-order valence-electron chi connectivity index (χ3n) is 7.62. The molecular weight excluding hydrogens is 503 g/mol. The van der Waals surface area contributed by atoms with Gasteiger partial charge in [0, 0.05) is 35.2 Å². The van der Waals surface area contributed by atoms with E-state index in [1.165, 1.54) is 0 Å². The molecule has 11 heteroatoms. The van der Waals surface area contributed by atoms with Gasteiger partial charge in [0.25, 0.3) is 0 Å². The number of likely N-dealkylation sites (tertiary alicyclic amines) is 1. The summed E-state index contributed by atoms with van der Waals surface area (Å²) in [5.74, 6) is -0.779. The fourth-order valence-electron chi connectivity index (χ4n) is 5.71. The first-order chi connectivity index (χ1) is 17.3. The van der Waals surface area contributed by atoms with E-state index in [4.69, 9.17) is 33.3 Å². The standard InChI is InChI=1S/C25H30Cl2N6O3/c1-14-23-24(33(30-14)15(2)18-6-5-16(26)10-20(18)27)29-22(11-28-23)31-9-7-21(19(12-31)25(35)36)32-8-3-4-17(32)13-34/h5-6,10-11,15,17,19,21,34H,3-4,7-9,12-13H2,1-2H3,(H,35,36)/t15?,17-,19?,21?/m0/s1. The number of halogens is 2. The lowest BCUT2D eigenvalue weighted by molar-refractivity contribution is -0.144. The molecule has 9 nitrogen and oxygen atoms in total. The number of carbonyl (C=O) groups is 1. The van der Waals surface area contributed by atoms with Crippen molar-refractivity contribution in [2.75, 3.05) is 31.1 Å². The predicted octanol–water partition coefficient (Wildman–Crippen LogP) is 3.79. The molecule has 5 rings (SSSR count). The number of anilines is 1. The number of nitrogens with zero attached hydrogens (tertiary/aromatic N) is 6. The molecule has 36 heavy (non-hydrogen) atoms. The van der Waals surface area contributed by atoms with Crippen molar-refractivity contribution in [2.45, 2.75) is 51.2 Å². The summed E-state index contributed by atoms with van der Waals surface area (Å²) in [5.41, 5.74) is 2.95. The summed E-state index contributed by atoms with van der Waals surface area (Å²) in [6, 6.07) is 5.12. The molecule has 0 radical (unpaired) electrons. The van der Waals surface area contributed by atoms with Gasteiger partial charge < -0.3 is 15.1 Å². The lowest BCUT2D eigenvalue weighted by Gasteiger charge is -2.43. The lowest BCUT2D eigenvalue weighted by atomic mass is 9.90. The second-order valence-corrected chi connectivity index (χ2v) is 10.6. The van der Waals surface area contributed by atoms with Gasteiger partial charge in [0.15, 0.2) is 5.65 Å². The quantitative estimate of drug-likeness (QED) is 0.493. The number of aliphatic hydroxyl groups excluding tert-OH is 1. The van der Waals surface area contributed by atoms with Crippen molar-refractivity contribution in [3.8, 4) is 0 Å². The van der Waals surface area contributed by atoms with Crippen molar-refractivity contribution in [3.05, 3.63) is 45.7 Å². The van der Waals surface area contributed by atoms with E-state index in [1.807, 2.05) is 29.5 Å². The minimum absolute atomic E-state index is 0.0399. The number of piperidine rings is 1. The Morgan fingerprint density at radius 2 is 2.06 bits per heavy atom. The summed E-state index contributed by atoms with van der Waals surface area (Å²) in [5, 5.41) is 25.6. The van der Waals surface area contributed by atoms with Crippen molar-refractivity contribution in [3.63, 3.8) is 0 Å². The molecule has 2 saturated heterocycles. The summed E-state index contributed by atoms with van der Waals surface area (Å²) in [4.78, 5) is 26.0. The van der Waals surface area contributed by atoms with Crippen molar-refractivity contribution >= 4 is 46.2 Å². The number of benzene rings is 1. The second kappa shape index (κ2) is 10.1. The molecular formula is C25H30Cl2N6O3. The van der Waals surface area contributed by atoms with Crippen LogP contribution in [0.1, 0.15) is 43.5 Å². The highest BCUT2D eigenvalue weighted by Crippen LogP contribution is 2.33. The number of aliphatic carboxylic acids is 1. The van der Waals surface area contributed by atoms with Crippen LogP contribution in [0.2, 0.25) is 10.0 Å². The summed E-state index contributed by atoms with van der Waals surface area (Å²) in [6.07, 6.45) is 4.28. The van der Waals surface area contributed by atoms with E-state index in [0.29, 0.717) is 46.5 Å². The van der Waals surface area contributed by atoms with Crippen LogP contribution in [-0.2, 0) is 4.79 Å². The van der Waals surface area contributed by atoms with E-state index < -0.39 is 11.9 Å². The van der Waals surface area contributed by atoms with Gasteiger partial charge in [-0.3, -0.25) is 9.69 Å². The number of rotatable bonds is 6. The first-order valence-electron chi connectivity index (χ1n) is 12.3. The molecule has 192 valence electrons. The Hall–Kier alpha value is -2.46. The molecule has 3 unspecified atom stereocenters. The zero-order chi connectivity index (χ0) is 25.6. The number of carboxylic acid groups (broad SMARTS) is 1. The number of aliphatic hydroxyl groups is 1. The molecule has 4 heterocycles. The molecule has 2 aromatic heterocycles. The number of aryl methyl sites for hydroxylation is 1. The highest BCUT2D eigenvalue weighted by Gasteiger charge is 2.42. The Balaban J connectivity index is 1.45. The van der Waals surface area contributed by atoms with Crippen LogP contribution in [0.5, 0.6) is 0 Å². The van der Waals surface area contributed by atoms with E-state index in [2.05, 4.69) is 9.88 Å². The Labute approximate surface area is 219 Å². The van der Waals surface area contributed by atoms with Crippen LogP contribution in [-0.4, -0.2) is 79.2 Å². The Kier molecular flexibility index (Phi) is 7.09. The van der Waals surface area contributed by atoms with E-state index >= 15 is 0 Å². The molecule has 0 aliphatic carbocycles. The smallest absolute Gasteiger partial charge is 0.309 e. The Morgan fingerprint density at radius 1 is 1.25 bits per heavy atom. The zero-order valence-electron chi connectivity index (χ0n) is 20.3. The van der Waals surface area contributed by atoms with Crippen molar-refractivity contribution < 1.29 is 15.0 Å². The molecule has 0 amide bonds. The SMILES string of the molecule is Cc1nn(C(C)c2ccc(Cl)cc2Cl)c2nc(N3CCC(N4CCC[C@H]4CO)C(C(=O)O)C3)cnc12. The normalized spacial score (nSPS) is 23.9. The largest absolute Gasteiger partial charge is 0.481 e. The van der Waals surface area contributed by atoms with E-state index in [0.717, 1.165) is 30.6 Å². The molecule has 2 aliphatic rings. The van der Waals surface area contributed by atoms with Crippen LogP contribution >= 0.6 is 23.2 Å². The molecule has 0 spiro atoms. The summed E-state index contributed by atoms with van der Waals surface area (Å²) in [7, 11) is 0. The van der Waals surface area contributed by atoms with Gasteiger partial charge in [-0.2, -0.15) is 5.10 Å². The fraction of sp³-hybridized carbons (Fsp3) is 0.520. The van der Waals surface area contributed by atoms with Gasteiger partial charge in [0.05, 0.1) is 30.5 Å². The third kappa shape index (κ3) is 4.53. The Bertz CT molecular complexity index is 1280. The van der Waals surface area contributed by atoms with Gasteiger partial charge in [-0.15, -0.1) is 0 Å². The van der Waals surface area contributed by atoms with Crippen LogP contribution in [0.3, 0.4) is 0 Å². The van der Waals surface area contributed by atoms with Gasteiger partial charge in [0.1, 0.15) is 11.3 Å². The molecule has 2 fully saturated rings. The van der Waals surface area contributed by atoms with Gasteiger partial charge in [0.2, 0.25) is 0 Å². The first kappa shape index (κ1) is 25.2. The van der Waals surface area contributed by atoms with E-state index in [-0.39, 0.29) is 24.7 Å². The topological polar surface area (TPSA) is 108 Å². The molecule has 0 bridgehead atoms. The number of fused-ring (bicyclic) bond motifs is 1. The van der Waals surface area contributed by atoms with Crippen LogP contribution < -0.4 is 4.90 Å². The van der Waals surface area contributed by atoms with Gasteiger partial charge in [-0.05, 0) is 57.4 Å². The van der Waals surface area contributed by atoms with Crippen LogP contribution in [0.4, 0.5) is 5.82 Å². The fourth-order valence-corrected chi connectivity index (χ4v) is 6.28. The van der Waals surface area contributed by atoms with Gasteiger partial charge >= 0.3 is 5.97 Å². The van der Waals surface area contributed by atoms with Crippen LogP contribution in [0.25, 0.3) is 11.2 Å². The lowest BCUT2D eigenvalue weighted by Crippen LogP contribution is -2.55. The average molecular weight is 533 g/mol. The predicted molar refractivity (Wildman–Crippen MR) is 139 cm³/mol. The summed E-state index contributed by atoms with van der Waals surface area (Å²) >= 11 is 12.6. The maximum atomic E-state index is 12.3. The molecule has 0 saturated carbocycles. The van der Waals surface area contributed by atoms with Crippen LogP contribution in [0.15, 0.2) is 24.4 Å². The highest BCUT2D eigenvalue weighted by atomic mass is 35.5. The molecule has 1 aromatic carbocycles.